The third-order valence-electron chi connectivity index (χ3n) is 6.19. The number of hydrogen-bond acceptors (Lipinski definition) is 12. The van der Waals surface area contributed by atoms with Gasteiger partial charge in [0.25, 0.3) is 0 Å². The highest BCUT2D eigenvalue weighted by molar-refractivity contribution is 8.13. The van der Waals surface area contributed by atoms with E-state index in [1.165, 1.54) is 19.2 Å². The molecular weight excluding hydrogens is 558 g/mol. The molecular formula is C23H36FN4O9PS. The molecule has 1 aliphatic heterocycles. The summed E-state index contributed by atoms with van der Waals surface area (Å²) in [5.41, 5.74) is 2.46. The average molecular weight is 595 g/mol. The van der Waals surface area contributed by atoms with Crippen molar-refractivity contribution in [3.05, 3.63) is 22.7 Å². The monoisotopic (exact) mass is 594 g/mol. The van der Waals surface area contributed by atoms with Gasteiger partial charge < -0.3 is 20.3 Å². The molecule has 2 fully saturated rings. The molecule has 1 aromatic rings. The largest absolute Gasteiger partial charge is 0.462 e. The van der Waals surface area contributed by atoms with Crippen molar-refractivity contribution in [3.63, 3.8) is 0 Å². The van der Waals surface area contributed by atoms with Crippen LogP contribution in [0.1, 0.15) is 47.8 Å². The van der Waals surface area contributed by atoms with E-state index in [-0.39, 0.29) is 23.3 Å². The van der Waals surface area contributed by atoms with Gasteiger partial charge in [0.05, 0.1) is 18.1 Å². The molecule has 1 aromatic heterocycles. The Balaban J connectivity index is 1.75. The molecule has 39 heavy (non-hydrogen) atoms. The molecule has 2 unspecified atom stereocenters. The van der Waals surface area contributed by atoms with Crippen molar-refractivity contribution in [2.75, 3.05) is 24.8 Å². The minimum Gasteiger partial charge on any atom is -0.462 e. The van der Waals surface area contributed by atoms with Crippen LogP contribution in [-0.4, -0.2) is 75.2 Å². The number of hydrogen-bond donors (Lipinski definition) is 3. The first kappa shape index (κ1) is 31.7. The van der Waals surface area contributed by atoms with Crippen molar-refractivity contribution in [2.24, 2.45) is 10.8 Å². The predicted molar refractivity (Wildman–Crippen MR) is 140 cm³/mol. The van der Waals surface area contributed by atoms with E-state index in [0.29, 0.717) is 0 Å². The molecule has 7 atom stereocenters. The molecule has 0 radical (unpaired) electrons. The second-order valence-corrected chi connectivity index (χ2v) is 13.5. The topological polar surface area (TPSA) is 181 Å². The van der Waals surface area contributed by atoms with E-state index in [9.17, 15) is 28.4 Å². The van der Waals surface area contributed by atoms with Crippen LogP contribution in [0, 0.1) is 10.8 Å². The number of nitrogen functional groups attached to an aromatic ring is 1. The number of rotatable bonds is 12. The number of carbonyl (C=O) groups excluding carboxylic acids is 2. The summed E-state index contributed by atoms with van der Waals surface area (Å²) in [6, 6.07) is 0.184. The number of alkyl halides is 1. The number of carbonyl (C=O) groups is 2. The van der Waals surface area contributed by atoms with Gasteiger partial charge in [0.1, 0.15) is 36.8 Å². The van der Waals surface area contributed by atoms with Crippen molar-refractivity contribution in [1.29, 1.82) is 0 Å². The number of nitrogens with one attached hydrogen (secondary N) is 1. The number of aliphatic hydroxyl groups excluding tert-OH is 1. The number of nitrogens with two attached hydrogens (primary N) is 1. The molecule has 16 heteroatoms. The van der Waals surface area contributed by atoms with Crippen LogP contribution in [0.2, 0.25) is 0 Å². The summed E-state index contributed by atoms with van der Waals surface area (Å²) in [6.07, 6.45) is -4.34. The fraction of sp³-hybridized carbons (Fsp3) is 0.739. The smallest absolute Gasteiger partial charge is 0.406 e. The zero-order valence-electron chi connectivity index (χ0n) is 22.7. The van der Waals surface area contributed by atoms with Crippen LogP contribution in [0.5, 0.6) is 0 Å². The molecule has 4 N–H and O–H groups in total. The third-order valence-corrected chi connectivity index (χ3v) is 9.16. The van der Waals surface area contributed by atoms with Gasteiger partial charge in [-0.2, -0.15) is 4.98 Å². The van der Waals surface area contributed by atoms with E-state index in [1.807, 2.05) is 0 Å². The number of nitrogens with zero attached hydrogens (tertiary/aromatic N) is 2. The minimum absolute atomic E-state index is 0.0352. The number of fused-ring (bicyclic) bond motifs is 1. The highest BCUT2D eigenvalue weighted by Crippen LogP contribution is 2.66. The highest BCUT2D eigenvalue weighted by atomic mass is 32.2. The second-order valence-electron chi connectivity index (χ2n) is 10.8. The molecule has 2 aliphatic rings. The van der Waals surface area contributed by atoms with Crippen LogP contribution in [0.3, 0.4) is 0 Å². The molecule has 3 rings (SSSR count). The minimum atomic E-state index is -4.34. The number of aromatic nitrogens is 2. The molecule has 13 nitrogen and oxygen atoms in total. The lowest BCUT2D eigenvalue weighted by Crippen LogP contribution is -2.40. The molecule has 2 heterocycles. The first-order valence-electron chi connectivity index (χ1n) is 12.4. The van der Waals surface area contributed by atoms with Gasteiger partial charge in [-0.25, -0.2) is 14.4 Å². The van der Waals surface area contributed by atoms with E-state index >= 15 is 0 Å². The maximum absolute atomic E-state index is 14.4. The Morgan fingerprint density at radius 3 is 2.59 bits per heavy atom. The summed E-state index contributed by atoms with van der Waals surface area (Å²) < 4.78 is 51.2. The first-order valence-corrected chi connectivity index (χ1v) is 14.9. The number of esters is 1. The lowest BCUT2D eigenvalue weighted by Gasteiger charge is -2.28. The second kappa shape index (κ2) is 11.9. The van der Waals surface area contributed by atoms with E-state index in [4.69, 9.17) is 24.3 Å². The zero-order valence-corrected chi connectivity index (χ0v) is 24.4. The standard InChI is InChI=1S/C23H36FN4O9PS/c1-12(2)35-19(30)13(3)27-38(33,34-9-10-39-20(31)22(4,5)6)37-17-16-23(17,11-24)15(29)18(36-16)28-8-7-14(25)26-21(28)32/h7-8,12-13,15-18,29H,9-11H2,1-6H3,(H,27,33)(H2,25,26,32)/t13-,15-,16+,17?,18+,23+,38?/m0/s1. The van der Waals surface area contributed by atoms with Crippen LogP contribution >= 0.6 is 19.5 Å². The third kappa shape index (κ3) is 6.89. The summed E-state index contributed by atoms with van der Waals surface area (Å²) in [5.74, 6) is -0.628. The predicted octanol–water partition coefficient (Wildman–Crippen LogP) is 1.80. The normalized spacial score (nSPS) is 28.5. The number of anilines is 1. The van der Waals surface area contributed by atoms with Crippen molar-refractivity contribution in [2.45, 2.75) is 78.2 Å². The lowest BCUT2D eigenvalue weighted by atomic mass is 10.00. The number of aliphatic hydroxyl groups is 1. The average Bonchev–Trinajstić information content (AvgIpc) is 3.31. The Kier molecular flexibility index (Phi) is 9.68. The van der Waals surface area contributed by atoms with Crippen molar-refractivity contribution < 1.29 is 42.2 Å². The highest BCUT2D eigenvalue weighted by Gasteiger charge is 2.79. The Morgan fingerprint density at radius 1 is 1.38 bits per heavy atom. The summed E-state index contributed by atoms with van der Waals surface area (Å²) >= 11 is 0.981. The summed E-state index contributed by atoms with van der Waals surface area (Å²) in [6.45, 7) is 8.63. The van der Waals surface area contributed by atoms with E-state index in [1.54, 1.807) is 34.6 Å². The Bertz CT molecular complexity index is 1180. The van der Waals surface area contributed by atoms with Crippen LogP contribution in [0.25, 0.3) is 0 Å². The Labute approximate surface area is 229 Å². The molecule has 220 valence electrons. The maximum atomic E-state index is 14.4. The number of halogens is 1. The lowest BCUT2D eigenvalue weighted by molar-refractivity contribution is -0.149. The van der Waals surface area contributed by atoms with E-state index < -0.39 is 73.6 Å². The SMILES string of the molecule is CC(C)OC(=O)[C@H](C)NP(=O)(OCCSC(=O)C(C)(C)C)OC1[C@H]2O[C@@H](n3ccc(N)nc3=O)[C@H](O)[C@@]12CF. The number of ether oxygens (including phenoxy) is 2. The summed E-state index contributed by atoms with van der Waals surface area (Å²) in [7, 11) is -4.34. The zero-order chi connectivity index (χ0) is 29.3. The molecule has 0 spiro atoms. The Morgan fingerprint density at radius 2 is 2.05 bits per heavy atom. The van der Waals surface area contributed by atoms with Gasteiger partial charge >= 0.3 is 19.4 Å². The van der Waals surface area contributed by atoms with Crippen LogP contribution in [-0.2, 0) is 32.7 Å². The first-order chi connectivity index (χ1) is 18.1. The molecule has 1 saturated heterocycles. The van der Waals surface area contributed by atoms with Gasteiger partial charge in [-0.1, -0.05) is 32.5 Å². The Hall–Kier alpha value is -1.87. The van der Waals surface area contributed by atoms with Crippen molar-refractivity contribution in [3.8, 4) is 0 Å². The van der Waals surface area contributed by atoms with E-state index in [0.717, 1.165) is 16.3 Å². The fourth-order valence-corrected chi connectivity index (χ4v) is 6.64. The van der Waals surface area contributed by atoms with Crippen LogP contribution in [0.4, 0.5) is 10.2 Å². The van der Waals surface area contributed by atoms with Crippen LogP contribution in [0.15, 0.2) is 17.1 Å². The van der Waals surface area contributed by atoms with Gasteiger partial charge in [-0.3, -0.25) is 27.6 Å². The molecule has 1 aliphatic carbocycles. The van der Waals surface area contributed by atoms with Crippen molar-refractivity contribution >= 4 is 36.4 Å². The maximum Gasteiger partial charge on any atom is 0.406 e. The van der Waals surface area contributed by atoms with Gasteiger partial charge in [-0.15, -0.1) is 0 Å². The van der Waals surface area contributed by atoms with Crippen LogP contribution < -0.4 is 16.5 Å². The quantitative estimate of drug-likeness (QED) is 0.181. The van der Waals surface area contributed by atoms with Gasteiger partial charge in [0.2, 0.25) is 0 Å². The molecule has 0 aromatic carbocycles. The molecule has 1 saturated carbocycles. The molecule has 0 bridgehead atoms. The van der Waals surface area contributed by atoms with Gasteiger partial charge in [0, 0.05) is 17.4 Å². The van der Waals surface area contributed by atoms with Crippen molar-refractivity contribution in [1.82, 2.24) is 14.6 Å². The number of thioether (sulfide) groups is 1. The van der Waals surface area contributed by atoms with Gasteiger partial charge in [-0.05, 0) is 26.8 Å². The summed E-state index contributed by atoms with van der Waals surface area (Å²) in [4.78, 5) is 40.4. The van der Waals surface area contributed by atoms with Gasteiger partial charge in [0.15, 0.2) is 11.3 Å². The molecule has 0 amide bonds. The summed E-state index contributed by atoms with van der Waals surface area (Å²) in [5, 5.41) is 13.3. The fourth-order valence-electron chi connectivity index (χ4n) is 4.01. The van der Waals surface area contributed by atoms with E-state index in [2.05, 4.69) is 10.1 Å².